The molecule has 114 valence electrons. The molecule has 1 heterocycles. The average Bonchev–Trinajstić information content (AvgIpc) is 2.46. The Kier molecular flexibility index (Phi) is 4.66. The van der Waals surface area contributed by atoms with Crippen LogP contribution < -0.4 is 10.0 Å². The monoisotopic (exact) mass is 315 g/mol. The normalized spacial score (nSPS) is 15.6. The first-order valence-electron chi connectivity index (χ1n) is 6.22. The van der Waals surface area contributed by atoms with Gasteiger partial charge in [-0.25, -0.2) is 13.1 Å². The van der Waals surface area contributed by atoms with E-state index in [1.165, 1.54) is 0 Å². The molecule has 1 aromatic rings. The molecule has 0 spiro atoms. The molecule has 21 heavy (non-hydrogen) atoms. The van der Waals surface area contributed by atoms with Gasteiger partial charge in [0.2, 0.25) is 15.8 Å². The van der Waals surface area contributed by atoms with Gasteiger partial charge in [0, 0.05) is 25.2 Å². The van der Waals surface area contributed by atoms with Crippen molar-refractivity contribution in [2.45, 2.75) is 11.3 Å². The number of benzene rings is 1. The third kappa shape index (κ3) is 3.84. The van der Waals surface area contributed by atoms with Gasteiger partial charge in [-0.15, -0.1) is 0 Å². The van der Waals surface area contributed by atoms with Crippen molar-refractivity contribution in [2.75, 3.05) is 19.6 Å². The summed E-state index contributed by atoms with van der Waals surface area (Å²) in [7, 11) is -3.90. The summed E-state index contributed by atoms with van der Waals surface area (Å²) in [6, 6.07) is 2.51. The number of hydrogen-bond donors (Lipinski definition) is 2. The molecule has 0 fully saturated rings. The van der Waals surface area contributed by atoms with Crippen LogP contribution in [-0.4, -0.2) is 33.0 Å². The highest BCUT2D eigenvalue weighted by atomic mass is 32.2. The molecule has 1 aliphatic rings. The quantitative estimate of drug-likeness (QED) is 0.478. The molecule has 0 unspecified atom stereocenters. The van der Waals surface area contributed by atoms with Crippen molar-refractivity contribution in [1.82, 2.24) is 10.0 Å². The SMILES string of the molecule is O=[N+]([O-])c1ccc(S(=O)(=O)NCC2=CCNCC2)cc1F. The van der Waals surface area contributed by atoms with Gasteiger partial charge < -0.3 is 5.32 Å². The van der Waals surface area contributed by atoms with Crippen molar-refractivity contribution >= 4 is 15.7 Å². The van der Waals surface area contributed by atoms with Gasteiger partial charge in [-0.2, -0.15) is 4.39 Å². The van der Waals surface area contributed by atoms with Crippen molar-refractivity contribution < 1.29 is 17.7 Å². The van der Waals surface area contributed by atoms with Crippen LogP contribution in [0, 0.1) is 15.9 Å². The van der Waals surface area contributed by atoms with Gasteiger partial charge in [0.05, 0.1) is 9.82 Å². The molecular weight excluding hydrogens is 301 g/mol. The molecule has 9 heteroatoms. The van der Waals surface area contributed by atoms with Gasteiger partial charge in [0.1, 0.15) is 0 Å². The number of nitro benzene ring substituents is 1. The maximum absolute atomic E-state index is 13.5. The second kappa shape index (κ2) is 6.29. The zero-order chi connectivity index (χ0) is 15.5. The Morgan fingerprint density at radius 2 is 2.19 bits per heavy atom. The summed E-state index contributed by atoms with van der Waals surface area (Å²) in [5, 5.41) is 13.6. The first-order chi connectivity index (χ1) is 9.90. The molecule has 2 N–H and O–H groups in total. The Labute approximate surface area is 121 Å². The Bertz CT molecular complexity index is 688. The summed E-state index contributed by atoms with van der Waals surface area (Å²) in [5.41, 5.74) is 0.190. The van der Waals surface area contributed by atoms with E-state index in [1.807, 2.05) is 6.08 Å². The first-order valence-corrected chi connectivity index (χ1v) is 7.71. The van der Waals surface area contributed by atoms with E-state index in [4.69, 9.17) is 0 Å². The molecular formula is C12H14FN3O4S. The smallest absolute Gasteiger partial charge is 0.304 e. The molecule has 0 saturated heterocycles. The second-order valence-corrected chi connectivity index (χ2v) is 6.28. The van der Waals surface area contributed by atoms with Crippen molar-refractivity contribution in [3.8, 4) is 0 Å². The molecule has 7 nitrogen and oxygen atoms in total. The topological polar surface area (TPSA) is 101 Å². The molecule has 2 rings (SSSR count). The fraction of sp³-hybridized carbons (Fsp3) is 0.333. The zero-order valence-corrected chi connectivity index (χ0v) is 11.8. The zero-order valence-electron chi connectivity index (χ0n) is 11.0. The molecule has 1 aliphatic heterocycles. The lowest BCUT2D eigenvalue weighted by molar-refractivity contribution is -0.387. The number of rotatable bonds is 5. The summed E-state index contributed by atoms with van der Waals surface area (Å²) in [4.78, 5) is 9.27. The standard InChI is InChI=1S/C12H14FN3O4S/c13-11-7-10(1-2-12(11)16(17)18)21(19,20)15-8-9-3-5-14-6-4-9/h1-3,7,14-15H,4-6,8H2. The van der Waals surface area contributed by atoms with Crippen LogP contribution in [0.2, 0.25) is 0 Å². The fourth-order valence-corrected chi connectivity index (χ4v) is 2.95. The van der Waals surface area contributed by atoms with Gasteiger partial charge in [-0.05, 0) is 19.0 Å². The highest BCUT2D eigenvalue weighted by Gasteiger charge is 2.20. The predicted molar refractivity (Wildman–Crippen MR) is 73.8 cm³/mol. The molecule has 0 atom stereocenters. The Hall–Kier alpha value is -1.84. The van der Waals surface area contributed by atoms with E-state index >= 15 is 0 Å². The van der Waals surface area contributed by atoms with Crippen molar-refractivity contribution in [3.63, 3.8) is 0 Å². The van der Waals surface area contributed by atoms with Crippen molar-refractivity contribution in [1.29, 1.82) is 0 Å². The number of halogens is 1. The van der Waals surface area contributed by atoms with Crippen LogP contribution in [0.5, 0.6) is 0 Å². The van der Waals surface area contributed by atoms with Gasteiger partial charge in [0.15, 0.2) is 0 Å². The van der Waals surface area contributed by atoms with Crippen LogP contribution >= 0.6 is 0 Å². The van der Waals surface area contributed by atoms with Crippen LogP contribution in [0.15, 0.2) is 34.7 Å². The molecule has 0 saturated carbocycles. The van der Waals surface area contributed by atoms with Gasteiger partial charge >= 0.3 is 5.69 Å². The summed E-state index contributed by atoms with van der Waals surface area (Å²) < 4.78 is 39.9. The summed E-state index contributed by atoms with van der Waals surface area (Å²) in [6.45, 7) is 1.60. The van der Waals surface area contributed by atoms with E-state index in [9.17, 15) is 22.9 Å². The van der Waals surface area contributed by atoms with Gasteiger partial charge in [-0.1, -0.05) is 11.6 Å². The fourth-order valence-electron chi connectivity index (χ4n) is 1.90. The number of nitrogens with one attached hydrogen (secondary N) is 2. The second-order valence-electron chi connectivity index (χ2n) is 4.51. The third-order valence-electron chi connectivity index (χ3n) is 3.07. The molecule has 0 aromatic heterocycles. The molecule has 0 bridgehead atoms. The van der Waals surface area contributed by atoms with Crippen LogP contribution in [0.3, 0.4) is 0 Å². The largest absolute Gasteiger partial charge is 0.313 e. The van der Waals surface area contributed by atoms with Crippen molar-refractivity contribution in [3.05, 3.63) is 45.8 Å². The maximum atomic E-state index is 13.5. The summed E-state index contributed by atoms with van der Waals surface area (Å²) in [6.07, 6.45) is 2.62. The highest BCUT2D eigenvalue weighted by molar-refractivity contribution is 7.89. The van der Waals surface area contributed by atoms with Crippen LogP contribution in [0.25, 0.3) is 0 Å². The Morgan fingerprint density at radius 1 is 1.43 bits per heavy atom. The number of sulfonamides is 1. The minimum absolute atomic E-state index is 0.141. The van der Waals surface area contributed by atoms with E-state index in [0.717, 1.165) is 30.7 Å². The van der Waals surface area contributed by atoms with E-state index in [0.29, 0.717) is 12.6 Å². The predicted octanol–water partition coefficient (Wildman–Crippen LogP) is 0.932. The summed E-state index contributed by atoms with van der Waals surface area (Å²) in [5.74, 6) is -1.18. The third-order valence-corrected chi connectivity index (χ3v) is 4.47. The molecule has 0 radical (unpaired) electrons. The van der Waals surface area contributed by atoms with Gasteiger partial charge in [0.25, 0.3) is 0 Å². The Morgan fingerprint density at radius 3 is 2.76 bits per heavy atom. The minimum Gasteiger partial charge on any atom is -0.313 e. The van der Waals surface area contributed by atoms with Crippen molar-refractivity contribution in [2.24, 2.45) is 0 Å². The van der Waals surface area contributed by atoms with E-state index in [-0.39, 0.29) is 11.4 Å². The minimum atomic E-state index is -3.90. The van der Waals surface area contributed by atoms with E-state index in [2.05, 4.69) is 10.0 Å². The van der Waals surface area contributed by atoms with Gasteiger partial charge in [-0.3, -0.25) is 10.1 Å². The molecule has 0 aliphatic carbocycles. The average molecular weight is 315 g/mol. The lowest BCUT2D eigenvalue weighted by Gasteiger charge is -2.14. The van der Waals surface area contributed by atoms with Crippen LogP contribution in [0.4, 0.5) is 10.1 Å². The number of nitro groups is 1. The van der Waals surface area contributed by atoms with E-state index < -0.39 is 26.5 Å². The van der Waals surface area contributed by atoms with Crippen LogP contribution in [-0.2, 0) is 10.0 Å². The number of hydrogen-bond acceptors (Lipinski definition) is 5. The molecule has 0 amide bonds. The first kappa shape index (κ1) is 15.5. The number of nitrogens with zero attached hydrogens (tertiary/aromatic N) is 1. The van der Waals surface area contributed by atoms with Crippen LogP contribution in [0.1, 0.15) is 6.42 Å². The summed E-state index contributed by atoms with van der Waals surface area (Å²) >= 11 is 0. The lowest BCUT2D eigenvalue weighted by atomic mass is 10.1. The lowest BCUT2D eigenvalue weighted by Crippen LogP contribution is -2.29. The molecule has 1 aromatic carbocycles. The Balaban J connectivity index is 2.14. The van der Waals surface area contributed by atoms with E-state index in [1.54, 1.807) is 0 Å². The maximum Gasteiger partial charge on any atom is 0.304 e. The highest BCUT2D eigenvalue weighted by Crippen LogP contribution is 2.20.